The third kappa shape index (κ3) is 3.48. The fourth-order valence-electron chi connectivity index (χ4n) is 2.12. The number of carbonyl (C=O) groups is 1. The van der Waals surface area contributed by atoms with Gasteiger partial charge in [-0.25, -0.2) is 4.98 Å². The van der Waals surface area contributed by atoms with Gasteiger partial charge in [0.05, 0.1) is 6.33 Å². The molecule has 19 heavy (non-hydrogen) atoms. The van der Waals surface area contributed by atoms with Crippen LogP contribution in [0, 0.1) is 0 Å². The average molecular weight is 304 g/mol. The van der Waals surface area contributed by atoms with E-state index in [9.17, 15) is 9.59 Å². The largest absolute Gasteiger partial charge is 0.341 e. The minimum absolute atomic E-state index is 0.0369. The van der Waals surface area contributed by atoms with Gasteiger partial charge in [0.25, 0.3) is 5.56 Å². The number of hydrogen-bond acceptors (Lipinski definition) is 3. The van der Waals surface area contributed by atoms with Crippen molar-refractivity contribution in [2.75, 3.05) is 13.1 Å². The standard InChI is InChI=1S/C12H15Cl2N3O2/c13-10-11(14)15-8-17(12(10)19)7-9(18)16-5-3-1-2-4-6-16/h8H,1-7H2. The molecule has 0 spiro atoms. The lowest BCUT2D eigenvalue weighted by Crippen LogP contribution is -2.37. The minimum Gasteiger partial charge on any atom is -0.341 e. The van der Waals surface area contributed by atoms with E-state index in [4.69, 9.17) is 23.2 Å². The van der Waals surface area contributed by atoms with Gasteiger partial charge in [-0.2, -0.15) is 0 Å². The highest BCUT2D eigenvalue weighted by atomic mass is 35.5. The summed E-state index contributed by atoms with van der Waals surface area (Å²) >= 11 is 11.4. The summed E-state index contributed by atoms with van der Waals surface area (Å²) < 4.78 is 1.20. The smallest absolute Gasteiger partial charge is 0.274 e. The molecule has 5 nitrogen and oxygen atoms in total. The Bertz CT molecular complexity index is 522. The molecule has 0 bridgehead atoms. The minimum atomic E-state index is -0.482. The number of hydrogen-bond donors (Lipinski definition) is 0. The predicted octanol–water partition coefficient (Wildman–Crippen LogP) is 1.95. The van der Waals surface area contributed by atoms with Crippen molar-refractivity contribution in [3.05, 3.63) is 26.9 Å². The molecule has 0 atom stereocenters. The average Bonchev–Trinajstić information content (AvgIpc) is 2.68. The number of nitrogens with zero attached hydrogens (tertiary/aromatic N) is 3. The third-order valence-corrected chi connectivity index (χ3v) is 3.93. The molecule has 7 heteroatoms. The van der Waals surface area contributed by atoms with Crippen LogP contribution in [0.4, 0.5) is 0 Å². The summed E-state index contributed by atoms with van der Waals surface area (Å²) in [6, 6.07) is 0. The van der Waals surface area contributed by atoms with E-state index in [1.807, 2.05) is 0 Å². The Morgan fingerprint density at radius 1 is 1.21 bits per heavy atom. The normalized spacial score (nSPS) is 16.2. The van der Waals surface area contributed by atoms with Gasteiger partial charge in [-0.3, -0.25) is 14.2 Å². The number of halogens is 2. The van der Waals surface area contributed by atoms with Gasteiger partial charge in [-0.1, -0.05) is 36.0 Å². The summed E-state index contributed by atoms with van der Waals surface area (Å²) in [6.45, 7) is 1.47. The number of amides is 1. The summed E-state index contributed by atoms with van der Waals surface area (Å²) in [4.78, 5) is 29.5. The lowest BCUT2D eigenvalue weighted by molar-refractivity contribution is -0.131. The van der Waals surface area contributed by atoms with Crippen LogP contribution in [0.25, 0.3) is 0 Å². The van der Waals surface area contributed by atoms with Gasteiger partial charge in [0, 0.05) is 13.1 Å². The van der Waals surface area contributed by atoms with E-state index in [0.717, 1.165) is 38.8 Å². The van der Waals surface area contributed by atoms with Crippen LogP contribution < -0.4 is 5.56 Å². The molecular weight excluding hydrogens is 289 g/mol. The first-order valence-electron chi connectivity index (χ1n) is 6.28. The molecule has 2 rings (SSSR count). The molecule has 1 fully saturated rings. The molecule has 2 heterocycles. The Morgan fingerprint density at radius 2 is 1.84 bits per heavy atom. The molecule has 1 aromatic heterocycles. The summed E-state index contributed by atoms with van der Waals surface area (Å²) in [5.74, 6) is -0.0795. The molecule has 0 aliphatic carbocycles. The van der Waals surface area contributed by atoms with Crippen LogP contribution >= 0.6 is 23.2 Å². The molecule has 1 aromatic rings. The first kappa shape index (κ1) is 14.3. The van der Waals surface area contributed by atoms with Crippen LogP contribution in [0.3, 0.4) is 0 Å². The van der Waals surface area contributed by atoms with Gasteiger partial charge < -0.3 is 4.90 Å². The fraction of sp³-hybridized carbons (Fsp3) is 0.583. The van der Waals surface area contributed by atoms with Crippen LogP contribution in [0.2, 0.25) is 10.2 Å². The summed E-state index contributed by atoms with van der Waals surface area (Å²) in [6.07, 6.45) is 5.59. The zero-order chi connectivity index (χ0) is 13.8. The number of aromatic nitrogens is 2. The summed E-state index contributed by atoms with van der Waals surface area (Å²) in [5.41, 5.74) is -0.482. The fourth-order valence-corrected chi connectivity index (χ4v) is 2.40. The highest BCUT2D eigenvalue weighted by molar-refractivity contribution is 6.40. The zero-order valence-electron chi connectivity index (χ0n) is 10.4. The molecule has 1 amide bonds. The lowest BCUT2D eigenvalue weighted by atomic mass is 10.2. The lowest BCUT2D eigenvalue weighted by Gasteiger charge is -2.20. The van der Waals surface area contributed by atoms with Gasteiger partial charge in [-0.15, -0.1) is 0 Å². The molecular formula is C12H15Cl2N3O2. The quantitative estimate of drug-likeness (QED) is 0.785. The molecule has 1 aliphatic rings. The van der Waals surface area contributed by atoms with E-state index in [1.54, 1.807) is 4.90 Å². The van der Waals surface area contributed by atoms with Crippen molar-refractivity contribution in [3.63, 3.8) is 0 Å². The van der Waals surface area contributed by atoms with E-state index < -0.39 is 5.56 Å². The summed E-state index contributed by atoms with van der Waals surface area (Å²) in [5, 5.41) is -0.182. The van der Waals surface area contributed by atoms with Crippen LogP contribution in [0.15, 0.2) is 11.1 Å². The molecule has 0 saturated carbocycles. The second-order valence-electron chi connectivity index (χ2n) is 4.58. The predicted molar refractivity (Wildman–Crippen MR) is 73.6 cm³/mol. The van der Waals surface area contributed by atoms with Crippen molar-refractivity contribution in [2.45, 2.75) is 32.2 Å². The van der Waals surface area contributed by atoms with E-state index in [2.05, 4.69) is 4.98 Å². The van der Waals surface area contributed by atoms with Gasteiger partial charge in [0.1, 0.15) is 11.6 Å². The van der Waals surface area contributed by atoms with E-state index >= 15 is 0 Å². The molecule has 0 radical (unpaired) electrons. The molecule has 1 aliphatic heterocycles. The second kappa shape index (κ2) is 6.39. The Kier molecular flexibility index (Phi) is 4.82. The monoisotopic (exact) mass is 303 g/mol. The highest BCUT2D eigenvalue weighted by Gasteiger charge is 2.17. The van der Waals surface area contributed by atoms with Gasteiger partial charge in [-0.05, 0) is 12.8 Å². The first-order chi connectivity index (χ1) is 9.09. The van der Waals surface area contributed by atoms with Gasteiger partial charge >= 0.3 is 0 Å². The van der Waals surface area contributed by atoms with E-state index in [0.29, 0.717) is 0 Å². The Hall–Kier alpha value is -1.07. The Balaban J connectivity index is 2.10. The number of carbonyl (C=O) groups excluding carboxylic acids is 1. The topological polar surface area (TPSA) is 55.2 Å². The zero-order valence-corrected chi connectivity index (χ0v) is 12.0. The number of rotatable bonds is 2. The Morgan fingerprint density at radius 3 is 2.47 bits per heavy atom. The molecule has 0 aromatic carbocycles. The van der Waals surface area contributed by atoms with Crippen molar-refractivity contribution in [1.29, 1.82) is 0 Å². The maximum Gasteiger partial charge on any atom is 0.274 e. The Labute approximate surface area is 121 Å². The number of likely N-dealkylation sites (tertiary alicyclic amines) is 1. The molecule has 104 valence electrons. The van der Waals surface area contributed by atoms with Crippen molar-refractivity contribution in [2.24, 2.45) is 0 Å². The van der Waals surface area contributed by atoms with Crippen LogP contribution in [0.5, 0.6) is 0 Å². The van der Waals surface area contributed by atoms with Crippen molar-refractivity contribution < 1.29 is 4.79 Å². The highest BCUT2D eigenvalue weighted by Crippen LogP contribution is 2.13. The van der Waals surface area contributed by atoms with Crippen LogP contribution in [0.1, 0.15) is 25.7 Å². The maximum absolute atomic E-state index is 12.1. The van der Waals surface area contributed by atoms with Crippen molar-refractivity contribution >= 4 is 29.1 Å². The van der Waals surface area contributed by atoms with Gasteiger partial charge in [0.15, 0.2) is 5.15 Å². The van der Waals surface area contributed by atoms with Crippen molar-refractivity contribution in [3.8, 4) is 0 Å². The van der Waals surface area contributed by atoms with Crippen LogP contribution in [-0.4, -0.2) is 33.4 Å². The third-order valence-electron chi connectivity index (χ3n) is 3.20. The molecule has 0 unspecified atom stereocenters. The molecule has 1 saturated heterocycles. The van der Waals surface area contributed by atoms with E-state index in [1.165, 1.54) is 10.9 Å². The first-order valence-corrected chi connectivity index (χ1v) is 7.03. The SMILES string of the molecule is O=C(Cn1cnc(Cl)c(Cl)c1=O)N1CCCCCC1. The molecule has 0 N–H and O–H groups in total. The van der Waals surface area contributed by atoms with Crippen LogP contribution in [-0.2, 0) is 11.3 Å². The van der Waals surface area contributed by atoms with Gasteiger partial charge in [0.2, 0.25) is 5.91 Å². The van der Waals surface area contributed by atoms with Crippen molar-refractivity contribution in [1.82, 2.24) is 14.5 Å². The van der Waals surface area contributed by atoms with E-state index in [-0.39, 0.29) is 22.6 Å². The maximum atomic E-state index is 12.1. The summed E-state index contributed by atoms with van der Waals surface area (Å²) in [7, 11) is 0. The second-order valence-corrected chi connectivity index (χ2v) is 5.31.